The van der Waals surface area contributed by atoms with E-state index in [1.807, 2.05) is 0 Å². The van der Waals surface area contributed by atoms with Crippen LogP contribution in [-0.4, -0.2) is 23.2 Å². The van der Waals surface area contributed by atoms with Crippen LogP contribution in [0.15, 0.2) is 5.38 Å². The topological polar surface area (TPSA) is 36.4 Å². The Morgan fingerprint density at radius 1 is 1.54 bits per heavy atom. The summed E-state index contributed by atoms with van der Waals surface area (Å²) in [6, 6.07) is 0.630. The molecule has 1 N–H and O–H groups in total. The minimum Gasteiger partial charge on any atom is -0.493 e. The van der Waals surface area contributed by atoms with Crippen molar-refractivity contribution < 1.29 is 5.11 Å². The largest absolute Gasteiger partial charge is 0.493 e. The molecule has 0 amide bonds. The summed E-state index contributed by atoms with van der Waals surface area (Å²) in [5.41, 5.74) is 0. The molecule has 4 heteroatoms. The number of hydrogen-bond donors (Lipinski definition) is 1. The highest BCUT2D eigenvalue weighted by molar-refractivity contribution is 7.13. The van der Waals surface area contributed by atoms with Gasteiger partial charge in [-0.05, 0) is 12.8 Å². The van der Waals surface area contributed by atoms with Gasteiger partial charge in [0.25, 0.3) is 0 Å². The zero-order chi connectivity index (χ0) is 9.26. The van der Waals surface area contributed by atoms with Gasteiger partial charge in [-0.25, -0.2) is 0 Å². The van der Waals surface area contributed by atoms with Gasteiger partial charge in [0, 0.05) is 13.1 Å². The van der Waals surface area contributed by atoms with Gasteiger partial charge in [-0.2, -0.15) is 4.98 Å². The summed E-state index contributed by atoms with van der Waals surface area (Å²) in [5, 5.41) is 11.7. The smallest absolute Gasteiger partial charge is 0.223 e. The second kappa shape index (κ2) is 3.54. The fraction of sp³-hybridized carbons (Fsp3) is 0.667. The standard InChI is InChI=1S/C9H14N2OS/c1-11(7-4-2-3-5-7)9-10-8(12)6-13-9/h6-7,12H,2-5H2,1H3. The number of thiazole rings is 1. The van der Waals surface area contributed by atoms with E-state index in [-0.39, 0.29) is 5.88 Å². The van der Waals surface area contributed by atoms with Crippen molar-refractivity contribution in [1.82, 2.24) is 4.98 Å². The maximum absolute atomic E-state index is 9.12. The van der Waals surface area contributed by atoms with Crippen molar-refractivity contribution in [3.05, 3.63) is 5.38 Å². The molecule has 1 aromatic heterocycles. The molecule has 0 radical (unpaired) electrons. The van der Waals surface area contributed by atoms with Crippen molar-refractivity contribution in [1.29, 1.82) is 0 Å². The molecule has 0 atom stereocenters. The van der Waals surface area contributed by atoms with Crippen LogP contribution in [0, 0.1) is 0 Å². The van der Waals surface area contributed by atoms with Crippen molar-refractivity contribution in [2.75, 3.05) is 11.9 Å². The SMILES string of the molecule is CN(c1nc(O)cs1)C1CCCC1. The molecular formula is C9H14N2OS. The highest BCUT2D eigenvalue weighted by Gasteiger charge is 2.21. The molecule has 2 rings (SSSR count). The lowest BCUT2D eigenvalue weighted by Gasteiger charge is -2.22. The number of anilines is 1. The van der Waals surface area contributed by atoms with Crippen LogP contribution in [-0.2, 0) is 0 Å². The monoisotopic (exact) mass is 198 g/mol. The minimum absolute atomic E-state index is 0.143. The Balaban J connectivity index is 2.07. The highest BCUT2D eigenvalue weighted by Crippen LogP contribution is 2.30. The molecule has 13 heavy (non-hydrogen) atoms. The first-order chi connectivity index (χ1) is 6.27. The van der Waals surface area contributed by atoms with E-state index in [2.05, 4.69) is 16.9 Å². The third-order valence-corrected chi connectivity index (χ3v) is 3.57. The molecular weight excluding hydrogens is 184 g/mol. The molecule has 0 unspecified atom stereocenters. The number of rotatable bonds is 2. The van der Waals surface area contributed by atoms with Crippen LogP contribution in [0.2, 0.25) is 0 Å². The summed E-state index contributed by atoms with van der Waals surface area (Å²) in [7, 11) is 2.06. The van der Waals surface area contributed by atoms with Crippen LogP contribution in [0.3, 0.4) is 0 Å². The van der Waals surface area contributed by atoms with E-state index in [0.29, 0.717) is 6.04 Å². The van der Waals surface area contributed by atoms with Crippen LogP contribution in [0.25, 0.3) is 0 Å². The van der Waals surface area contributed by atoms with Crippen molar-refractivity contribution in [2.24, 2.45) is 0 Å². The maximum atomic E-state index is 9.12. The molecule has 1 saturated carbocycles. The molecule has 1 aliphatic carbocycles. The van der Waals surface area contributed by atoms with Gasteiger partial charge in [0.1, 0.15) is 0 Å². The first kappa shape index (κ1) is 8.81. The van der Waals surface area contributed by atoms with E-state index in [1.54, 1.807) is 5.38 Å². The maximum Gasteiger partial charge on any atom is 0.223 e. The Kier molecular flexibility index (Phi) is 2.40. The average Bonchev–Trinajstić information content (AvgIpc) is 2.72. The van der Waals surface area contributed by atoms with Gasteiger partial charge < -0.3 is 10.0 Å². The molecule has 0 saturated heterocycles. The third kappa shape index (κ3) is 1.77. The zero-order valence-electron chi connectivity index (χ0n) is 7.73. The molecule has 0 spiro atoms. The van der Waals surface area contributed by atoms with Gasteiger partial charge in [-0.15, -0.1) is 11.3 Å². The van der Waals surface area contributed by atoms with Crippen molar-refractivity contribution >= 4 is 16.5 Å². The Morgan fingerprint density at radius 3 is 2.77 bits per heavy atom. The zero-order valence-corrected chi connectivity index (χ0v) is 8.55. The van der Waals surface area contributed by atoms with E-state index in [9.17, 15) is 0 Å². The van der Waals surface area contributed by atoms with Gasteiger partial charge in [0.05, 0.1) is 5.38 Å². The average molecular weight is 198 g/mol. The fourth-order valence-electron chi connectivity index (χ4n) is 1.87. The second-order valence-electron chi connectivity index (χ2n) is 3.54. The summed E-state index contributed by atoms with van der Waals surface area (Å²) in [4.78, 5) is 6.25. The van der Waals surface area contributed by atoms with E-state index in [0.717, 1.165) is 5.13 Å². The molecule has 0 bridgehead atoms. The quantitative estimate of drug-likeness (QED) is 0.791. The number of nitrogens with zero attached hydrogens (tertiary/aromatic N) is 2. The lowest BCUT2D eigenvalue weighted by atomic mass is 10.2. The van der Waals surface area contributed by atoms with Gasteiger partial charge in [0.15, 0.2) is 5.13 Å². The molecule has 1 aliphatic rings. The second-order valence-corrected chi connectivity index (χ2v) is 4.37. The minimum atomic E-state index is 0.143. The molecule has 1 aromatic rings. The summed E-state index contributed by atoms with van der Waals surface area (Å²) in [6.07, 6.45) is 5.17. The number of hydrogen-bond acceptors (Lipinski definition) is 4. The number of aromatic nitrogens is 1. The predicted molar refractivity (Wildman–Crippen MR) is 54.4 cm³/mol. The first-order valence-corrected chi connectivity index (χ1v) is 5.52. The normalized spacial score (nSPS) is 17.9. The molecule has 1 heterocycles. The third-order valence-electron chi connectivity index (χ3n) is 2.65. The Bertz CT molecular complexity index is 281. The van der Waals surface area contributed by atoms with E-state index >= 15 is 0 Å². The molecule has 0 aromatic carbocycles. The van der Waals surface area contributed by atoms with E-state index < -0.39 is 0 Å². The lowest BCUT2D eigenvalue weighted by Crippen LogP contribution is -2.28. The van der Waals surface area contributed by atoms with Crippen LogP contribution in [0.4, 0.5) is 5.13 Å². The lowest BCUT2D eigenvalue weighted by molar-refractivity contribution is 0.456. The summed E-state index contributed by atoms with van der Waals surface area (Å²) in [6.45, 7) is 0. The summed E-state index contributed by atoms with van der Waals surface area (Å²) in [5.74, 6) is 0.143. The van der Waals surface area contributed by atoms with E-state index in [4.69, 9.17) is 5.11 Å². The molecule has 1 fully saturated rings. The van der Waals surface area contributed by atoms with Crippen molar-refractivity contribution in [3.8, 4) is 5.88 Å². The summed E-state index contributed by atoms with van der Waals surface area (Å²) < 4.78 is 0. The number of aromatic hydroxyl groups is 1. The van der Waals surface area contributed by atoms with Crippen molar-refractivity contribution in [2.45, 2.75) is 31.7 Å². The van der Waals surface area contributed by atoms with Crippen LogP contribution in [0.5, 0.6) is 5.88 Å². The fourth-order valence-corrected chi connectivity index (χ4v) is 2.59. The van der Waals surface area contributed by atoms with Gasteiger partial charge in [-0.3, -0.25) is 0 Å². The predicted octanol–water partition coefficient (Wildman–Crippen LogP) is 2.23. The highest BCUT2D eigenvalue weighted by atomic mass is 32.1. The Morgan fingerprint density at radius 2 is 2.23 bits per heavy atom. The summed E-state index contributed by atoms with van der Waals surface area (Å²) >= 11 is 1.51. The molecule has 0 aliphatic heterocycles. The Hall–Kier alpha value is -0.770. The first-order valence-electron chi connectivity index (χ1n) is 4.64. The van der Waals surface area contributed by atoms with Gasteiger partial charge in [-0.1, -0.05) is 12.8 Å². The van der Waals surface area contributed by atoms with Gasteiger partial charge >= 0.3 is 0 Å². The Labute approximate surface area is 82.0 Å². The molecule has 3 nitrogen and oxygen atoms in total. The van der Waals surface area contributed by atoms with Crippen LogP contribution in [0.1, 0.15) is 25.7 Å². The van der Waals surface area contributed by atoms with Crippen molar-refractivity contribution in [3.63, 3.8) is 0 Å². The van der Waals surface area contributed by atoms with E-state index in [1.165, 1.54) is 37.0 Å². The van der Waals surface area contributed by atoms with Crippen LogP contribution >= 0.6 is 11.3 Å². The van der Waals surface area contributed by atoms with Crippen LogP contribution < -0.4 is 4.90 Å². The van der Waals surface area contributed by atoms with Gasteiger partial charge in [0.2, 0.25) is 5.88 Å². The molecule has 72 valence electrons.